The summed E-state index contributed by atoms with van der Waals surface area (Å²) in [5.74, 6) is 0.445. The van der Waals surface area contributed by atoms with Crippen LogP contribution in [0.3, 0.4) is 0 Å². The maximum absolute atomic E-state index is 11.8. The lowest BCUT2D eigenvalue weighted by Crippen LogP contribution is -2.18. The minimum absolute atomic E-state index is 0.114. The standard InChI is InChI=1S/C19H16N6O4S/c20-8-12-13(9-26)17(18-22-10-25(24-18)15-3-1-2-6-29-15)30-16(12)11-4-5-21-14(7-11)23-19(27)28/h4-5,7,9-10,15H,1-3,6H2,(H,21,23)(H,27,28). The fraction of sp³-hybridized carbons (Fsp3) is 0.263. The first-order valence-corrected chi connectivity index (χ1v) is 9.94. The predicted molar refractivity (Wildman–Crippen MR) is 107 cm³/mol. The number of aromatic nitrogens is 4. The van der Waals surface area contributed by atoms with Gasteiger partial charge in [-0.15, -0.1) is 16.4 Å². The average Bonchev–Trinajstić information content (AvgIpc) is 3.38. The molecule has 4 heterocycles. The van der Waals surface area contributed by atoms with E-state index in [2.05, 4.69) is 26.5 Å². The molecule has 1 aliphatic heterocycles. The molecule has 1 amide bonds. The van der Waals surface area contributed by atoms with Crippen LogP contribution in [0.2, 0.25) is 0 Å². The number of hydrogen-bond donors (Lipinski definition) is 2. The minimum atomic E-state index is -1.25. The van der Waals surface area contributed by atoms with Gasteiger partial charge in [-0.3, -0.25) is 10.1 Å². The van der Waals surface area contributed by atoms with Crippen LogP contribution in [0.15, 0.2) is 24.7 Å². The first-order chi connectivity index (χ1) is 14.6. The zero-order valence-corrected chi connectivity index (χ0v) is 16.4. The van der Waals surface area contributed by atoms with Crippen molar-refractivity contribution in [3.8, 4) is 27.2 Å². The van der Waals surface area contributed by atoms with Gasteiger partial charge in [-0.1, -0.05) is 0 Å². The molecule has 1 fully saturated rings. The monoisotopic (exact) mass is 424 g/mol. The summed E-state index contributed by atoms with van der Waals surface area (Å²) in [4.78, 5) is 31.9. The van der Waals surface area contributed by atoms with Crippen molar-refractivity contribution in [2.45, 2.75) is 25.5 Å². The van der Waals surface area contributed by atoms with Gasteiger partial charge in [0.1, 0.15) is 18.2 Å². The normalized spacial score (nSPS) is 16.0. The van der Waals surface area contributed by atoms with Crippen LogP contribution in [-0.4, -0.2) is 43.8 Å². The fourth-order valence-electron chi connectivity index (χ4n) is 3.24. The van der Waals surface area contributed by atoms with Gasteiger partial charge in [0.05, 0.1) is 20.9 Å². The maximum atomic E-state index is 11.8. The van der Waals surface area contributed by atoms with Crippen LogP contribution in [0.4, 0.5) is 10.6 Å². The predicted octanol–water partition coefficient (Wildman–Crippen LogP) is 3.54. The lowest BCUT2D eigenvalue weighted by Gasteiger charge is -2.21. The van der Waals surface area contributed by atoms with E-state index in [9.17, 15) is 14.9 Å². The smallest absolute Gasteiger partial charge is 0.410 e. The molecule has 1 atom stereocenters. The van der Waals surface area contributed by atoms with Crippen LogP contribution < -0.4 is 5.32 Å². The molecule has 0 spiro atoms. The van der Waals surface area contributed by atoms with Crippen molar-refractivity contribution in [1.29, 1.82) is 5.26 Å². The van der Waals surface area contributed by atoms with Crippen molar-refractivity contribution in [1.82, 2.24) is 19.7 Å². The van der Waals surface area contributed by atoms with Crippen LogP contribution in [0.1, 0.15) is 41.4 Å². The van der Waals surface area contributed by atoms with E-state index >= 15 is 0 Å². The molecular weight excluding hydrogens is 408 g/mol. The summed E-state index contributed by atoms with van der Waals surface area (Å²) in [5, 5.41) is 25.2. The van der Waals surface area contributed by atoms with Crippen molar-refractivity contribution in [2.75, 3.05) is 11.9 Å². The molecule has 4 rings (SSSR count). The number of nitrogens with zero attached hydrogens (tertiary/aromatic N) is 5. The molecule has 0 aliphatic carbocycles. The Morgan fingerprint density at radius 2 is 2.27 bits per heavy atom. The van der Waals surface area contributed by atoms with E-state index in [0.717, 1.165) is 19.3 Å². The van der Waals surface area contributed by atoms with Gasteiger partial charge in [-0.25, -0.2) is 19.4 Å². The molecule has 0 radical (unpaired) electrons. The summed E-state index contributed by atoms with van der Waals surface area (Å²) in [7, 11) is 0. The number of carboxylic acid groups (broad SMARTS) is 1. The van der Waals surface area contributed by atoms with Crippen LogP contribution >= 0.6 is 11.3 Å². The molecule has 0 aromatic carbocycles. The van der Waals surface area contributed by atoms with Crippen LogP contribution in [-0.2, 0) is 4.74 Å². The van der Waals surface area contributed by atoms with E-state index in [1.165, 1.54) is 23.6 Å². The first kappa shape index (κ1) is 19.7. The Hall–Kier alpha value is -3.62. The lowest BCUT2D eigenvalue weighted by molar-refractivity contribution is -0.0395. The zero-order chi connectivity index (χ0) is 21.1. The Morgan fingerprint density at radius 3 is 2.97 bits per heavy atom. The molecule has 1 unspecified atom stereocenters. The second kappa shape index (κ2) is 8.40. The number of carbonyl (C=O) groups excluding carboxylic acids is 1. The molecule has 1 saturated heterocycles. The number of amides is 1. The van der Waals surface area contributed by atoms with Crippen LogP contribution in [0, 0.1) is 11.3 Å². The molecule has 10 nitrogen and oxygen atoms in total. The Kier molecular flexibility index (Phi) is 5.51. The van der Waals surface area contributed by atoms with Gasteiger partial charge in [-0.05, 0) is 37.0 Å². The SMILES string of the molecule is N#Cc1c(-c2ccnc(NC(=O)O)c2)sc(-c2ncn(C3CCCCO3)n2)c1C=O. The van der Waals surface area contributed by atoms with Crippen LogP contribution in [0.5, 0.6) is 0 Å². The highest BCUT2D eigenvalue weighted by molar-refractivity contribution is 7.19. The summed E-state index contributed by atoms with van der Waals surface area (Å²) in [6, 6.07) is 5.21. The van der Waals surface area contributed by atoms with Crippen molar-refractivity contribution in [3.05, 3.63) is 35.8 Å². The molecular formula is C19H16N6O4S. The van der Waals surface area contributed by atoms with Gasteiger partial charge in [0.15, 0.2) is 18.3 Å². The number of carbonyl (C=O) groups is 2. The highest BCUT2D eigenvalue weighted by atomic mass is 32.1. The molecule has 30 heavy (non-hydrogen) atoms. The van der Waals surface area contributed by atoms with E-state index in [4.69, 9.17) is 9.84 Å². The summed E-state index contributed by atoms with van der Waals surface area (Å²) < 4.78 is 7.35. The van der Waals surface area contributed by atoms with Gasteiger partial charge in [0, 0.05) is 12.8 Å². The lowest BCUT2D eigenvalue weighted by atomic mass is 10.1. The Labute approximate surface area is 174 Å². The summed E-state index contributed by atoms with van der Waals surface area (Å²) in [5.41, 5.74) is 0.937. The van der Waals surface area contributed by atoms with Crippen molar-refractivity contribution >= 4 is 29.5 Å². The molecule has 152 valence electrons. The summed E-state index contributed by atoms with van der Waals surface area (Å²) >= 11 is 1.19. The number of thiophene rings is 1. The first-order valence-electron chi connectivity index (χ1n) is 9.12. The van der Waals surface area contributed by atoms with Gasteiger partial charge >= 0.3 is 6.09 Å². The fourth-order valence-corrected chi connectivity index (χ4v) is 4.39. The number of ether oxygens (including phenoxy) is 1. The number of rotatable bonds is 5. The molecule has 11 heteroatoms. The van der Waals surface area contributed by atoms with Gasteiger partial charge < -0.3 is 9.84 Å². The second-order valence-electron chi connectivity index (χ2n) is 6.51. The van der Waals surface area contributed by atoms with Gasteiger partial charge in [0.2, 0.25) is 0 Å². The van der Waals surface area contributed by atoms with E-state index in [1.54, 1.807) is 17.1 Å². The maximum Gasteiger partial charge on any atom is 0.410 e. The number of nitrogens with one attached hydrogen (secondary N) is 1. The van der Waals surface area contributed by atoms with E-state index in [-0.39, 0.29) is 23.2 Å². The number of hydrogen-bond acceptors (Lipinski definition) is 8. The summed E-state index contributed by atoms with van der Waals surface area (Å²) in [6.07, 6.45) is 5.04. The summed E-state index contributed by atoms with van der Waals surface area (Å²) in [6.45, 7) is 0.663. The average molecular weight is 424 g/mol. The Bertz CT molecular complexity index is 1140. The van der Waals surface area contributed by atoms with Crippen molar-refractivity contribution < 1.29 is 19.4 Å². The Morgan fingerprint density at radius 1 is 1.40 bits per heavy atom. The topological polar surface area (TPSA) is 143 Å². The zero-order valence-electron chi connectivity index (χ0n) is 15.6. The number of nitriles is 1. The second-order valence-corrected chi connectivity index (χ2v) is 7.53. The number of anilines is 1. The molecule has 3 aromatic heterocycles. The quantitative estimate of drug-likeness (QED) is 0.592. The van der Waals surface area contributed by atoms with E-state index < -0.39 is 6.09 Å². The number of aldehydes is 1. The molecule has 0 saturated carbocycles. The van der Waals surface area contributed by atoms with E-state index in [0.29, 0.717) is 34.0 Å². The van der Waals surface area contributed by atoms with Crippen molar-refractivity contribution in [3.63, 3.8) is 0 Å². The molecule has 0 bridgehead atoms. The largest absolute Gasteiger partial charge is 0.465 e. The molecule has 1 aliphatic rings. The third-order valence-electron chi connectivity index (χ3n) is 4.59. The Balaban J connectivity index is 1.75. The highest BCUT2D eigenvalue weighted by Gasteiger charge is 2.24. The minimum Gasteiger partial charge on any atom is -0.465 e. The third-order valence-corrected chi connectivity index (χ3v) is 5.84. The van der Waals surface area contributed by atoms with Gasteiger partial charge in [-0.2, -0.15) is 5.26 Å². The molecule has 3 aromatic rings. The highest BCUT2D eigenvalue weighted by Crippen LogP contribution is 2.40. The number of pyridine rings is 1. The van der Waals surface area contributed by atoms with Crippen molar-refractivity contribution in [2.24, 2.45) is 0 Å². The molecule has 2 N–H and O–H groups in total. The third kappa shape index (κ3) is 3.78. The van der Waals surface area contributed by atoms with Crippen LogP contribution in [0.25, 0.3) is 21.1 Å². The van der Waals surface area contributed by atoms with E-state index in [1.807, 2.05) is 0 Å². The van der Waals surface area contributed by atoms with Gasteiger partial charge in [0.25, 0.3) is 0 Å².